The van der Waals surface area contributed by atoms with Crippen molar-refractivity contribution in [2.75, 3.05) is 26.0 Å². The summed E-state index contributed by atoms with van der Waals surface area (Å²) in [5.41, 5.74) is 3.15. The molecule has 144 valence electrons. The minimum absolute atomic E-state index is 0.0410. The van der Waals surface area contributed by atoms with Crippen molar-refractivity contribution in [2.45, 2.75) is 51.2 Å². The minimum atomic E-state index is 0.0410. The first-order valence-electron chi connectivity index (χ1n) is 9.69. The fraction of sp³-hybridized carbons (Fsp3) is 0.579. The summed E-state index contributed by atoms with van der Waals surface area (Å²) in [7, 11) is 3.56. The van der Waals surface area contributed by atoms with Crippen LogP contribution < -0.4 is 5.32 Å². The van der Waals surface area contributed by atoms with E-state index in [1.165, 1.54) is 25.7 Å². The number of urea groups is 1. The van der Waals surface area contributed by atoms with E-state index in [4.69, 9.17) is 4.98 Å². The van der Waals surface area contributed by atoms with Crippen molar-refractivity contribution >= 4 is 12.0 Å². The van der Waals surface area contributed by atoms with E-state index in [9.17, 15) is 4.79 Å². The number of carbonyl (C=O) groups is 1. The van der Waals surface area contributed by atoms with Crippen LogP contribution in [0.5, 0.6) is 0 Å². The summed E-state index contributed by atoms with van der Waals surface area (Å²) in [4.78, 5) is 24.7. The number of rotatable bonds is 4. The van der Waals surface area contributed by atoms with Crippen LogP contribution >= 0.6 is 0 Å². The van der Waals surface area contributed by atoms with Crippen molar-refractivity contribution in [2.24, 2.45) is 0 Å². The van der Waals surface area contributed by atoms with Gasteiger partial charge in [0.25, 0.3) is 0 Å². The summed E-state index contributed by atoms with van der Waals surface area (Å²) in [6, 6.07) is 4.13. The number of nitrogens with one attached hydrogen (secondary N) is 1. The fourth-order valence-electron chi connectivity index (χ4n) is 3.93. The Morgan fingerprint density at radius 1 is 1.30 bits per heavy atom. The third-order valence-electron chi connectivity index (χ3n) is 5.38. The van der Waals surface area contributed by atoms with Crippen LogP contribution in [0.1, 0.15) is 48.7 Å². The summed E-state index contributed by atoms with van der Waals surface area (Å²) in [6.45, 7) is 2.58. The summed E-state index contributed by atoms with van der Waals surface area (Å²) in [5.74, 6) is 1.24. The van der Waals surface area contributed by atoms with E-state index in [0.29, 0.717) is 31.5 Å². The van der Waals surface area contributed by atoms with Crippen molar-refractivity contribution < 1.29 is 4.79 Å². The molecular weight excluding hydrogens is 342 g/mol. The van der Waals surface area contributed by atoms with E-state index in [0.717, 1.165) is 23.6 Å². The summed E-state index contributed by atoms with van der Waals surface area (Å²) in [5, 5.41) is 7.95. The molecule has 1 saturated carbocycles. The van der Waals surface area contributed by atoms with Gasteiger partial charge in [0, 0.05) is 38.4 Å². The van der Waals surface area contributed by atoms with Crippen LogP contribution in [0.3, 0.4) is 0 Å². The van der Waals surface area contributed by atoms with Gasteiger partial charge in [0.1, 0.15) is 0 Å². The molecule has 2 aromatic rings. The van der Waals surface area contributed by atoms with Gasteiger partial charge in [-0.1, -0.05) is 12.8 Å². The van der Waals surface area contributed by atoms with Gasteiger partial charge >= 0.3 is 6.03 Å². The highest BCUT2D eigenvalue weighted by molar-refractivity contribution is 5.73. The van der Waals surface area contributed by atoms with E-state index in [1.807, 2.05) is 21.8 Å². The van der Waals surface area contributed by atoms with Gasteiger partial charge in [-0.3, -0.25) is 4.68 Å². The molecule has 1 aliphatic carbocycles. The van der Waals surface area contributed by atoms with Crippen LogP contribution in [0.2, 0.25) is 0 Å². The molecule has 0 bridgehead atoms. The van der Waals surface area contributed by atoms with Crippen molar-refractivity contribution in [3.63, 3.8) is 0 Å². The highest BCUT2D eigenvalue weighted by atomic mass is 16.2. The topological polar surface area (TPSA) is 79.2 Å². The van der Waals surface area contributed by atoms with Gasteiger partial charge in [0.05, 0.1) is 31.0 Å². The van der Waals surface area contributed by atoms with Crippen LogP contribution in [-0.2, 0) is 19.6 Å². The van der Waals surface area contributed by atoms with Gasteiger partial charge in [-0.2, -0.15) is 5.10 Å². The first kappa shape index (κ1) is 17.8. The molecule has 0 atom stereocenters. The van der Waals surface area contributed by atoms with Gasteiger partial charge in [0.15, 0.2) is 0 Å². The van der Waals surface area contributed by atoms with Gasteiger partial charge < -0.3 is 15.1 Å². The number of nitrogens with zero attached hydrogens (tertiary/aromatic N) is 6. The monoisotopic (exact) mass is 369 g/mol. The second-order valence-electron chi connectivity index (χ2n) is 7.59. The fourth-order valence-corrected chi connectivity index (χ4v) is 3.93. The number of fused-ring (bicyclic) bond motifs is 1. The average molecular weight is 369 g/mol. The van der Waals surface area contributed by atoms with E-state index in [-0.39, 0.29) is 6.03 Å². The standard InChI is InChI=1S/C19H27N7O/c1-24(2)19(27)25-9-10-26-16(13-25)11-15(23-26)12-21-18-20-8-7-17(22-18)14-5-3-4-6-14/h7-8,11,14H,3-6,9-10,12-13H2,1-2H3,(H,20,21,22). The predicted molar refractivity (Wildman–Crippen MR) is 102 cm³/mol. The van der Waals surface area contributed by atoms with Crippen LogP contribution in [0.25, 0.3) is 0 Å². The zero-order valence-corrected chi connectivity index (χ0v) is 16.1. The van der Waals surface area contributed by atoms with Gasteiger partial charge in [0.2, 0.25) is 5.95 Å². The number of amides is 2. The second-order valence-corrected chi connectivity index (χ2v) is 7.59. The molecule has 4 rings (SSSR count). The van der Waals surface area contributed by atoms with Crippen molar-refractivity contribution in [1.29, 1.82) is 0 Å². The molecular formula is C19H27N7O. The molecule has 0 aromatic carbocycles. The molecule has 0 unspecified atom stereocenters. The Morgan fingerprint density at radius 2 is 2.11 bits per heavy atom. The van der Waals surface area contributed by atoms with Crippen LogP contribution in [0.4, 0.5) is 10.7 Å². The maximum atomic E-state index is 12.2. The lowest BCUT2D eigenvalue weighted by molar-refractivity contribution is 0.155. The van der Waals surface area contributed by atoms with Gasteiger partial charge in [-0.15, -0.1) is 0 Å². The Morgan fingerprint density at radius 3 is 2.89 bits per heavy atom. The van der Waals surface area contributed by atoms with E-state index in [1.54, 1.807) is 19.0 Å². The van der Waals surface area contributed by atoms with E-state index >= 15 is 0 Å². The normalized spacial score (nSPS) is 17.0. The first-order chi connectivity index (χ1) is 13.1. The summed E-state index contributed by atoms with van der Waals surface area (Å²) in [6.07, 6.45) is 6.89. The Bertz CT molecular complexity index is 810. The molecule has 1 aliphatic heterocycles. The zero-order valence-electron chi connectivity index (χ0n) is 16.1. The molecule has 0 saturated heterocycles. The lowest BCUT2D eigenvalue weighted by Crippen LogP contribution is -2.43. The minimum Gasteiger partial charge on any atom is -0.348 e. The molecule has 2 aromatic heterocycles. The molecule has 8 heteroatoms. The van der Waals surface area contributed by atoms with Crippen LogP contribution in [0, 0.1) is 0 Å². The molecule has 2 aliphatic rings. The number of carbonyl (C=O) groups excluding carboxylic acids is 1. The number of anilines is 1. The highest BCUT2D eigenvalue weighted by Gasteiger charge is 2.23. The molecule has 3 heterocycles. The molecule has 1 fully saturated rings. The van der Waals surface area contributed by atoms with Crippen molar-refractivity contribution in [3.05, 3.63) is 35.4 Å². The zero-order chi connectivity index (χ0) is 18.8. The third-order valence-corrected chi connectivity index (χ3v) is 5.38. The number of hydrogen-bond donors (Lipinski definition) is 1. The average Bonchev–Trinajstić information content (AvgIpc) is 3.34. The smallest absolute Gasteiger partial charge is 0.319 e. The maximum Gasteiger partial charge on any atom is 0.319 e. The van der Waals surface area contributed by atoms with Gasteiger partial charge in [-0.25, -0.2) is 14.8 Å². The van der Waals surface area contributed by atoms with Crippen LogP contribution in [-0.4, -0.2) is 56.2 Å². The summed E-state index contributed by atoms with van der Waals surface area (Å²) >= 11 is 0. The van der Waals surface area contributed by atoms with Gasteiger partial charge in [-0.05, 0) is 25.0 Å². The third kappa shape index (κ3) is 3.89. The SMILES string of the molecule is CN(C)C(=O)N1CCn2nc(CNc3nccc(C4CCCC4)n3)cc2C1. The van der Waals surface area contributed by atoms with Crippen LogP contribution in [0.15, 0.2) is 18.3 Å². The first-order valence-corrected chi connectivity index (χ1v) is 9.69. The second kappa shape index (κ2) is 7.54. The quantitative estimate of drug-likeness (QED) is 0.895. The largest absolute Gasteiger partial charge is 0.348 e. The number of aromatic nitrogens is 4. The highest BCUT2D eigenvalue weighted by Crippen LogP contribution is 2.33. The van der Waals surface area contributed by atoms with E-state index in [2.05, 4.69) is 21.5 Å². The molecule has 0 radical (unpaired) electrons. The van der Waals surface area contributed by atoms with Crippen molar-refractivity contribution in [3.8, 4) is 0 Å². The molecule has 1 N–H and O–H groups in total. The lowest BCUT2D eigenvalue weighted by atomic mass is 10.0. The Balaban J connectivity index is 1.39. The lowest BCUT2D eigenvalue weighted by Gasteiger charge is -2.29. The predicted octanol–water partition coefficient (Wildman–Crippen LogP) is 2.44. The molecule has 2 amide bonds. The maximum absolute atomic E-state index is 12.2. The molecule has 27 heavy (non-hydrogen) atoms. The Hall–Kier alpha value is -2.64. The van der Waals surface area contributed by atoms with Crippen molar-refractivity contribution in [1.82, 2.24) is 29.5 Å². The van der Waals surface area contributed by atoms with E-state index < -0.39 is 0 Å². The Labute approximate surface area is 159 Å². The number of hydrogen-bond acceptors (Lipinski definition) is 5. The molecule has 0 spiro atoms. The Kier molecular flexibility index (Phi) is 4.96. The molecule has 8 nitrogen and oxygen atoms in total. The summed E-state index contributed by atoms with van der Waals surface area (Å²) < 4.78 is 1.99.